The number of hydrogen-bond donors (Lipinski definition) is 1. The Hall–Kier alpha value is -2.43. The van der Waals surface area contributed by atoms with E-state index in [1.807, 2.05) is 12.3 Å². The van der Waals surface area contributed by atoms with Crippen molar-refractivity contribution in [1.82, 2.24) is 15.2 Å². The van der Waals surface area contributed by atoms with Gasteiger partial charge in [0.1, 0.15) is 0 Å². The molecule has 2 heterocycles. The van der Waals surface area contributed by atoms with Crippen molar-refractivity contribution in [2.45, 2.75) is 13.5 Å². The number of fused-ring (bicyclic) bond motifs is 1. The smallest absolute Gasteiger partial charge is 0.0746 e. The molecule has 27 heavy (non-hydrogen) atoms. The Morgan fingerprint density at radius 2 is 1.78 bits per heavy atom. The summed E-state index contributed by atoms with van der Waals surface area (Å²) in [6.07, 6.45) is 1.87. The standard InChI is InChI=1S/C23H28N4/c1-19-5-2-9-22(17-19)27-15-13-26(14-16-27)12-11-24-18-21-7-3-6-20-8-4-10-25-23(20)21/h2-10,17,24H,11-16,18H2,1H3. The average molecular weight is 361 g/mol. The molecule has 1 aliphatic heterocycles. The van der Waals surface area contributed by atoms with Gasteiger partial charge in [0.05, 0.1) is 5.52 Å². The van der Waals surface area contributed by atoms with Crippen LogP contribution in [0.3, 0.4) is 0 Å². The van der Waals surface area contributed by atoms with E-state index in [1.165, 1.54) is 22.2 Å². The third-order valence-corrected chi connectivity index (χ3v) is 5.38. The average Bonchev–Trinajstić information content (AvgIpc) is 2.72. The summed E-state index contributed by atoms with van der Waals surface area (Å²) in [5, 5.41) is 4.81. The highest BCUT2D eigenvalue weighted by molar-refractivity contribution is 5.81. The number of aryl methyl sites for hydroxylation is 1. The number of aromatic nitrogens is 1. The van der Waals surface area contributed by atoms with Crippen LogP contribution in [0.25, 0.3) is 10.9 Å². The zero-order chi connectivity index (χ0) is 18.5. The minimum absolute atomic E-state index is 0.873. The lowest BCUT2D eigenvalue weighted by atomic mass is 10.1. The molecule has 0 spiro atoms. The molecule has 1 N–H and O–H groups in total. The summed E-state index contributed by atoms with van der Waals surface area (Å²) < 4.78 is 0. The summed E-state index contributed by atoms with van der Waals surface area (Å²) in [5.41, 5.74) is 5.08. The van der Waals surface area contributed by atoms with Crippen LogP contribution in [0.15, 0.2) is 60.8 Å². The predicted octanol–water partition coefficient (Wildman–Crippen LogP) is 3.46. The van der Waals surface area contributed by atoms with Crippen molar-refractivity contribution in [1.29, 1.82) is 0 Å². The van der Waals surface area contributed by atoms with Gasteiger partial charge in [0.2, 0.25) is 0 Å². The first-order valence-corrected chi connectivity index (χ1v) is 9.87. The second-order valence-corrected chi connectivity index (χ2v) is 7.34. The third kappa shape index (κ3) is 4.46. The minimum Gasteiger partial charge on any atom is -0.369 e. The molecule has 1 fully saturated rings. The zero-order valence-electron chi connectivity index (χ0n) is 16.1. The van der Waals surface area contributed by atoms with E-state index in [9.17, 15) is 0 Å². The fraction of sp³-hybridized carbons (Fsp3) is 0.348. The van der Waals surface area contributed by atoms with Gasteiger partial charge in [-0.25, -0.2) is 0 Å². The molecular formula is C23H28N4. The Labute approximate surface area is 161 Å². The van der Waals surface area contributed by atoms with Crippen molar-refractivity contribution < 1.29 is 0 Å². The van der Waals surface area contributed by atoms with Crippen LogP contribution in [0.1, 0.15) is 11.1 Å². The lowest BCUT2D eigenvalue weighted by Gasteiger charge is -2.36. The molecule has 0 aliphatic carbocycles. The largest absolute Gasteiger partial charge is 0.369 e. The normalized spacial score (nSPS) is 15.4. The van der Waals surface area contributed by atoms with Crippen LogP contribution in [0, 0.1) is 6.92 Å². The molecule has 0 atom stereocenters. The van der Waals surface area contributed by atoms with E-state index < -0.39 is 0 Å². The van der Waals surface area contributed by atoms with Gasteiger partial charge in [-0.15, -0.1) is 0 Å². The second kappa shape index (κ2) is 8.51. The summed E-state index contributed by atoms with van der Waals surface area (Å²) in [4.78, 5) is 9.59. The number of piperazine rings is 1. The van der Waals surface area contributed by atoms with Gasteiger partial charge in [-0.05, 0) is 36.2 Å². The van der Waals surface area contributed by atoms with Crippen LogP contribution in [0.5, 0.6) is 0 Å². The number of pyridine rings is 1. The van der Waals surface area contributed by atoms with Crippen molar-refractivity contribution >= 4 is 16.6 Å². The second-order valence-electron chi connectivity index (χ2n) is 7.34. The number of anilines is 1. The van der Waals surface area contributed by atoms with E-state index in [2.05, 4.69) is 75.6 Å². The molecule has 0 unspecified atom stereocenters. The molecule has 0 radical (unpaired) electrons. The highest BCUT2D eigenvalue weighted by Crippen LogP contribution is 2.18. The van der Waals surface area contributed by atoms with Gasteiger partial charge in [-0.1, -0.05) is 36.4 Å². The quantitative estimate of drug-likeness (QED) is 0.682. The highest BCUT2D eigenvalue weighted by Gasteiger charge is 2.16. The maximum atomic E-state index is 4.54. The van der Waals surface area contributed by atoms with Gasteiger partial charge in [-0.2, -0.15) is 0 Å². The molecule has 4 nitrogen and oxygen atoms in total. The van der Waals surface area contributed by atoms with Gasteiger partial charge in [0, 0.05) is 63.1 Å². The minimum atomic E-state index is 0.873. The van der Waals surface area contributed by atoms with Crippen molar-refractivity contribution in [3.63, 3.8) is 0 Å². The summed E-state index contributed by atoms with van der Waals surface area (Å²) >= 11 is 0. The molecule has 0 bridgehead atoms. The predicted molar refractivity (Wildman–Crippen MR) is 113 cm³/mol. The molecule has 0 saturated carbocycles. The van der Waals surface area contributed by atoms with Gasteiger partial charge in [0.25, 0.3) is 0 Å². The fourth-order valence-corrected chi connectivity index (χ4v) is 3.82. The van der Waals surface area contributed by atoms with Crippen LogP contribution < -0.4 is 10.2 Å². The molecule has 1 aliphatic rings. The maximum Gasteiger partial charge on any atom is 0.0746 e. The summed E-state index contributed by atoms with van der Waals surface area (Å²) in [5.74, 6) is 0. The Morgan fingerprint density at radius 1 is 0.963 bits per heavy atom. The molecule has 1 saturated heterocycles. The Kier molecular flexibility index (Phi) is 5.66. The lowest BCUT2D eigenvalue weighted by molar-refractivity contribution is 0.257. The van der Waals surface area contributed by atoms with E-state index in [-0.39, 0.29) is 0 Å². The molecule has 2 aromatic carbocycles. The van der Waals surface area contributed by atoms with Crippen molar-refractivity contribution in [3.8, 4) is 0 Å². The number of hydrogen-bond acceptors (Lipinski definition) is 4. The SMILES string of the molecule is Cc1cccc(N2CCN(CCNCc3cccc4cccnc34)CC2)c1. The first-order chi connectivity index (χ1) is 13.3. The molecule has 3 aromatic rings. The number of rotatable bonds is 6. The first kappa shape index (κ1) is 18.0. The van der Waals surface area contributed by atoms with Gasteiger partial charge in [0.15, 0.2) is 0 Å². The van der Waals surface area contributed by atoms with E-state index in [0.717, 1.165) is 51.3 Å². The van der Waals surface area contributed by atoms with Crippen molar-refractivity contribution in [2.75, 3.05) is 44.2 Å². The van der Waals surface area contributed by atoms with Crippen LogP contribution in [-0.4, -0.2) is 49.2 Å². The van der Waals surface area contributed by atoms with E-state index in [0.29, 0.717) is 0 Å². The first-order valence-electron chi connectivity index (χ1n) is 9.87. The summed E-state index contributed by atoms with van der Waals surface area (Å²) in [7, 11) is 0. The molecular weight excluding hydrogens is 332 g/mol. The Morgan fingerprint density at radius 3 is 2.63 bits per heavy atom. The Bertz CT molecular complexity index is 879. The van der Waals surface area contributed by atoms with Crippen LogP contribution in [0.4, 0.5) is 5.69 Å². The van der Waals surface area contributed by atoms with Crippen molar-refractivity contribution in [2.24, 2.45) is 0 Å². The Balaban J connectivity index is 1.23. The van der Waals surface area contributed by atoms with Crippen LogP contribution in [-0.2, 0) is 6.54 Å². The molecule has 4 rings (SSSR count). The third-order valence-electron chi connectivity index (χ3n) is 5.38. The highest BCUT2D eigenvalue weighted by atomic mass is 15.3. The number of nitrogens with one attached hydrogen (secondary N) is 1. The molecule has 1 aromatic heterocycles. The maximum absolute atomic E-state index is 4.54. The molecule has 4 heteroatoms. The van der Waals surface area contributed by atoms with Gasteiger partial charge < -0.3 is 10.2 Å². The van der Waals surface area contributed by atoms with E-state index in [4.69, 9.17) is 0 Å². The number of para-hydroxylation sites is 1. The number of nitrogens with zero attached hydrogens (tertiary/aromatic N) is 3. The monoisotopic (exact) mass is 360 g/mol. The van der Waals surface area contributed by atoms with Crippen LogP contribution in [0.2, 0.25) is 0 Å². The summed E-state index contributed by atoms with van der Waals surface area (Å²) in [6, 6.07) is 19.4. The molecule has 0 amide bonds. The van der Waals surface area contributed by atoms with E-state index in [1.54, 1.807) is 0 Å². The summed E-state index contributed by atoms with van der Waals surface area (Å²) in [6.45, 7) is 9.62. The van der Waals surface area contributed by atoms with Gasteiger partial charge in [-0.3, -0.25) is 9.88 Å². The van der Waals surface area contributed by atoms with Crippen molar-refractivity contribution in [3.05, 3.63) is 71.9 Å². The van der Waals surface area contributed by atoms with Crippen LogP contribution >= 0.6 is 0 Å². The topological polar surface area (TPSA) is 31.4 Å². The number of benzene rings is 2. The zero-order valence-corrected chi connectivity index (χ0v) is 16.1. The lowest BCUT2D eigenvalue weighted by Crippen LogP contribution is -2.48. The molecule has 140 valence electrons. The van der Waals surface area contributed by atoms with E-state index >= 15 is 0 Å². The fourth-order valence-electron chi connectivity index (χ4n) is 3.82. The van der Waals surface area contributed by atoms with Gasteiger partial charge >= 0.3 is 0 Å².